The van der Waals surface area contributed by atoms with Crippen molar-refractivity contribution in [3.8, 4) is 0 Å². The van der Waals surface area contributed by atoms with E-state index in [0.29, 0.717) is 10.5 Å². The average molecular weight is 661 g/mol. The normalized spacial score (nSPS) is 12.8. The molecule has 0 N–H and O–H groups in total. The van der Waals surface area contributed by atoms with Crippen molar-refractivity contribution >= 4 is 59.1 Å². The van der Waals surface area contributed by atoms with Gasteiger partial charge in [0.05, 0.1) is 4.90 Å². The Bertz CT molecular complexity index is 1360. The number of nitrogens with zero attached hydrogens (tertiary/aromatic N) is 2. The Hall–Kier alpha value is -2.35. The van der Waals surface area contributed by atoms with Crippen molar-refractivity contribution in [2.45, 2.75) is 37.8 Å². The van der Waals surface area contributed by atoms with Crippen LogP contribution in [0.1, 0.15) is 44.1 Å². The molecule has 0 heterocycles. The lowest BCUT2D eigenvalue weighted by atomic mass is 10.1. The Morgan fingerprint density at radius 1 is 0.737 bits per heavy atom. The fourth-order valence-corrected chi connectivity index (χ4v) is 7.36. The molecule has 0 saturated heterocycles. The molecule has 3 aromatic rings. The van der Waals surface area contributed by atoms with E-state index in [1.165, 1.54) is 5.69 Å². The summed E-state index contributed by atoms with van der Waals surface area (Å²) in [6, 6.07) is 20.9. The maximum absolute atomic E-state index is 13.8. The van der Waals surface area contributed by atoms with E-state index in [2.05, 4.69) is 87.6 Å². The van der Waals surface area contributed by atoms with E-state index in [9.17, 15) is 8.42 Å². The van der Waals surface area contributed by atoms with E-state index in [0.717, 1.165) is 46.4 Å². The van der Waals surface area contributed by atoms with Crippen molar-refractivity contribution in [1.29, 1.82) is 0 Å². The smallest absolute Gasteiger partial charge is 0.189 e. The molecule has 1 unspecified atom stereocenters. The SMILES string of the molecule is CCN(CC)c1ccc(C=CC=CC(c2ccc(N(CC)CC)cc2Br)S(=O)(=O)c2ccccc2)c(Br)c1. The molecule has 4 nitrogen and oxygen atoms in total. The Morgan fingerprint density at radius 3 is 1.82 bits per heavy atom. The van der Waals surface area contributed by atoms with E-state index >= 15 is 0 Å². The number of allylic oxidation sites excluding steroid dienone is 2. The third kappa shape index (κ3) is 7.19. The Kier molecular flexibility index (Phi) is 11.2. The average Bonchev–Trinajstić information content (AvgIpc) is 2.92. The van der Waals surface area contributed by atoms with Crippen LogP contribution in [0.4, 0.5) is 11.4 Å². The lowest BCUT2D eigenvalue weighted by molar-refractivity contribution is 0.590. The second kappa shape index (κ2) is 14.2. The lowest BCUT2D eigenvalue weighted by Gasteiger charge is -2.23. The molecule has 0 spiro atoms. The number of benzene rings is 3. The zero-order valence-electron chi connectivity index (χ0n) is 22.4. The second-order valence-electron chi connectivity index (χ2n) is 8.78. The van der Waals surface area contributed by atoms with Crippen molar-refractivity contribution in [2.75, 3.05) is 36.0 Å². The first-order valence-corrected chi connectivity index (χ1v) is 16.1. The number of hydrogen-bond acceptors (Lipinski definition) is 4. The van der Waals surface area contributed by atoms with Gasteiger partial charge in [-0.15, -0.1) is 0 Å². The van der Waals surface area contributed by atoms with Gasteiger partial charge in [-0.1, -0.05) is 86.5 Å². The van der Waals surface area contributed by atoms with E-state index in [1.807, 2.05) is 42.5 Å². The molecule has 3 aromatic carbocycles. The van der Waals surface area contributed by atoms with Crippen LogP contribution in [0.2, 0.25) is 0 Å². The van der Waals surface area contributed by atoms with Crippen LogP contribution in [0.5, 0.6) is 0 Å². The molecular weight excluding hydrogens is 624 g/mol. The van der Waals surface area contributed by atoms with Crippen molar-refractivity contribution in [2.24, 2.45) is 0 Å². The lowest BCUT2D eigenvalue weighted by Crippen LogP contribution is -2.22. The molecule has 0 radical (unpaired) electrons. The van der Waals surface area contributed by atoms with Crippen LogP contribution in [-0.4, -0.2) is 34.6 Å². The van der Waals surface area contributed by atoms with E-state index in [4.69, 9.17) is 0 Å². The van der Waals surface area contributed by atoms with Crippen LogP contribution in [0.25, 0.3) is 6.08 Å². The molecule has 7 heteroatoms. The molecule has 0 fully saturated rings. The third-order valence-electron chi connectivity index (χ3n) is 6.61. The maximum Gasteiger partial charge on any atom is 0.189 e. The first-order chi connectivity index (χ1) is 18.3. The molecule has 1 atom stereocenters. The van der Waals surface area contributed by atoms with Gasteiger partial charge in [0.25, 0.3) is 0 Å². The summed E-state index contributed by atoms with van der Waals surface area (Å²) in [6.07, 6.45) is 7.45. The largest absolute Gasteiger partial charge is 0.372 e. The number of halogens is 2. The van der Waals surface area contributed by atoms with Gasteiger partial charge in [-0.3, -0.25) is 0 Å². The summed E-state index contributed by atoms with van der Waals surface area (Å²) in [4.78, 5) is 4.82. The van der Waals surface area contributed by atoms with Crippen LogP contribution in [-0.2, 0) is 9.84 Å². The van der Waals surface area contributed by atoms with Crippen molar-refractivity contribution in [3.63, 3.8) is 0 Å². The van der Waals surface area contributed by atoms with Crippen molar-refractivity contribution in [3.05, 3.63) is 105 Å². The van der Waals surface area contributed by atoms with Gasteiger partial charge in [0.1, 0.15) is 5.25 Å². The van der Waals surface area contributed by atoms with Gasteiger partial charge in [-0.2, -0.15) is 0 Å². The highest BCUT2D eigenvalue weighted by Crippen LogP contribution is 2.36. The Labute approximate surface area is 245 Å². The fourth-order valence-electron chi connectivity index (χ4n) is 4.42. The Morgan fingerprint density at radius 2 is 1.29 bits per heavy atom. The summed E-state index contributed by atoms with van der Waals surface area (Å²) < 4.78 is 29.3. The minimum absolute atomic E-state index is 0.299. The molecule has 0 saturated carbocycles. The molecule has 0 amide bonds. The van der Waals surface area contributed by atoms with Crippen molar-refractivity contribution in [1.82, 2.24) is 0 Å². The third-order valence-corrected chi connectivity index (χ3v) is 9.99. The predicted octanol–water partition coefficient (Wildman–Crippen LogP) is 8.69. The van der Waals surface area contributed by atoms with Gasteiger partial charge < -0.3 is 9.80 Å². The summed E-state index contributed by atoms with van der Waals surface area (Å²) in [7, 11) is -3.67. The molecule has 3 rings (SSSR count). The highest BCUT2D eigenvalue weighted by atomic mass is 79.9. The molecule has 0 bridgehead atoms. The Balaban J connectivity index is 1.96. The summed E-state index contributed by atoms with van der Waals surface area (Å²) >= 11 is 7.36. The molecule has 0 aromatic heterocycles. The van der Waals surface area contributed by atoms with Gasteiger partial charge in [0, 0.05) is 46.5 Å². The highest BCUT2D eigenvalue weighted by molar-refractivity contribution is 9.10. The number of rotatable bonds is 12. The standard InChI is InChI=1S/C31H36Br2N2O2S/c1-5-34(6-2)25-19-18-24(29(32)22-25)14-12-13-17-31(38(36,37)27-15-10-9-11-16-27)28-21-20-26(23-30(28)33)35(7-3)8-4/h9-23,31H,5-8H2,1-4H3. The van der Waals surface area contributed by atoms with Gasteiger partial charge in [0.2, 0.25) is 0 Å². The predicted molar refractivity (Wildman–Crippen MR) is 170 cm³/mol. The molecular formula is C31H36Br2N2O2S. The zero-order chi connectivity index (χ0) is 27.7. The summed E-state index contributed by atoms with van der Waals surface area (Å²) in [6.45, 7) is 12.2. The maximum atomic E-state index is 13.8. The topological polar surface area (TPSA) is 40.6 Å². The van der Waals surface area contributed by atoms with Crippen LogP contribution < -0.4 is 9.80 Å². The van der Waals surface area contributed by atoms with Gasteiger partial charge in [0.15, 0.2) is 9.84 Å². The first-order valence-electron chi connectivity index (χ1n) is 13.0. The van der Waals surface area contributed by atoms with Gasteiger partial charge >= 0.3 is 0 Å². The monoisotopic (exact) mass is 658 g/mol. The van der Waals surface area contributed by atoms with E-state index < -0.39 is 15.1 Å². The molecule has 38 heavy (non-hydrogen) atoms. The van der Waals surface area contributed by atoms with Crippen LogP contribution in [0.3, 0.4) is 0 Å². The summed E-state index contributed by atoms with van der Waals surface area (Å²) in [5.74, 6) is 0. The number of hydrogen-bond donors (Lipinski definition) is 0. The zero-order valence-corrected chi connectivity index (χ0v) is 26.4. The highest BCUT2D eigenvalue weighted by Gasteiger charge is 2.28. The number of sulfone groups is 1. The van der Waals surface area contributed by atoms with Gasteiger partial charge in [-0.05, 0) is 75.2 Å². The molecule has 202 valence electrons. The van der Waals surface area contributed by atoms with E-state index in [-0.39, 0.29) is 0 Å². The van der Waals surface area contributed by atoms with Gasteiger partial charge in [-0.25, -0.2) is 8.42 Å². The van der Waals surface area contributed by atoms with E-state index in [1.54, 1.807) is 30.3 Å². The fraction of sp³-hybridized carbons (Fsp3) is 0.290. The summed E-state index contributed by atoms with van der Waals surface area (Å²) in [5, 5.41) is -0.844. The second-order valence-corrected chi connectivity index (χ2v) is 12.6. The minimum atomic E-state index is -3.67. The first kappa shape index (κ1) is 30.2. The number of anilines is 2. The molecule has 0 aliphatic rings. The van der Waals surface area contributed by atoms with Crippen molar-refractivity contribution < 1.29 is 8.42 Å². The van der Waals surface area contributed by atoms with Crippen LogP contribution >= 0.6 is 31.9 Å². The van der Waals surface area contributed by atoms with Crippen LogP contribution in [0, 0.1) is 0 Å². The quantitative estimate of drug-likeness (QED) is 0.182. The molecule has 0 aliphatic heterocycles. The molecule has 0 aliphatic carbocycles. The van der Waals surface area contributed by atoms with Crippen LogP contribution in [0.15, 0.2) is 98.8 Å². The summed E-state index contributed by atoms with van der Waals surface area (Å²) in [5.41, 5.74) is 3.96. The minimum Gasteiger partial charge on any atom is -0.372 e.